The van der Waals surface area contributed by atoms with Gasteiger partial charge in [0.2, 0.25) is 5.95 Å². The highest BCUT2D eigenvalue weighted by Gasteiger charge is 2.18. The lowest BCUT2D eigenvalue weighted by Crippen LogP contribution is -2.06. The average molecular weight is 417 g/mol. The molecule has 0 saturated heterocycles. The topological polar surface area (TPSA) is 81.1 Å². The normalized spacial score (nSPS) is 12.1. The number of nitrogens with one attached hydrogen (secondary N) is 1. The predicted octanol–water partition coefficient (Wildman–Crippen LogP) is 4.85. The number of anilines is 2. The van der Waals surface area contributed by atoms with Crippen molar-refractivity contribution in [3.63, 3.8) is 0 Å². The molecule has 3 N–H and O–H groups in total. The summed E-state index contributed by atoms with van der Waals surface area (Å²) in [6.07, 6.45) is 5.18. The van der Waals surface area contributed by atoms with E-state index in [1.54, 1.807) is 28.9 Å². The third-order valence-electron chi connectivity index (χ3n) is 5.32. The molecule has 0 fully saturated rings. The van der Waals surface area contributed by atoms with Crippen molar-refractivity contribution in [2.24, 2.45) is 0 Å². The second-order valence-electron chi connectivity index (χ2n) is 7.50. The Morgan fingerprint density at radius 2 is 2.00 bits per heavy atom. The Bertz CT molecular complexity index is 1200. The van der Waals surface area contributed by atoms with E-state index in [-0.39, 0.29) is 11.7 Å². The van der Waals surface area contributed by atoms with Gasteiger partial charge in [0, 0.05) is 29.6 Å². The van der Waals surface area contributed by atoms with E-state index >= 15 is 0 Å². The molecule has 158 valence electrons. The summed E-state index contributed by atoms with van der Waals surface area (Å²) in [7, 11) is 0. The van der Waals surface area contributed by atoms with Crippen LogP contribution < -0.4 is 11.1 Å². The van der Waals surface area contributed by atoms with Crippen LogP contribution in [-0.4, -0.2) is 26.1 Å². The Morgan fingerprint density at radius 1 is 1.19 bits per heavy atom. The highest BCUT2D eigenvalue weighted by atomic mass is 19.1. The summed E-state index contributed by atoms with van der Waals surface area (Å²) >= 11 is 0. The highest BCUT2D eigenvalue weighted by molar-refractivity contribution is 5.74. The number of aryl methyl sites for hydroxylation is 1. The van der Waals surface area contributed by atoms with Gasteiger partial charge in [0.15, 0.2) is 0 Å². The second kappa shape index (κ2) is 8.95. The molecular formula is C24H25FN6. The van der Waals surface area contributed by atoms with Gasteiger partial charge in [0.1, 0.15) is 11.6 Å². The summed E-state index contributed by atoms with van der Waals surface area (Å²) in [5.41, 5.74) is 10.9. The van der Waals surface area contributed by atoms with Crippen LogP contribution in [0.5, 0.6) is 0 Å². The minimum Gasteiger partial charge on any atom is -0.384 e. The molecule has 1 unspecified atom stereocenters. The second-order valence-corrected chi connectivity index (χ2v) is 7.50. The van der Waals surface area contributed by atoms with Crippen LogP contribution in [0.4, 0.5) is 16.2 Å². The van der Waals surface area contributed by atoms with Crippen LogP contribution in [0.1, 0.15) is 30.5 Å². The fourth-order valence-electron chi connectivity index (χ4n) is 3.63. The Balaban J connectivity index is 1.63. The predicted molar refractivity (Wildman–Crippen MR) is 122 cm³/mol. The molecule has 1 atom stereocenters. The first-order valence-electron chi connectivity index (χ1n) is 10.3. The molecule has 6 nitrogen and oxygen atoms in total. The number of nitrogens with zero attached hydrogens (tertiary/aromatic N) is 4. The van der Waals surface area contributed by atoms with E-state index in [0.717, 1.165) is 40.9 Å². The van der Waals surface area contributed by atoms with E-state index in [1.165, 1.54) is 12.1 Å². The standard InChI is InChI=1S/C24H25FN6/c1-3-14-27-24-28-15-13-20(29-24)16(2)7-12-19-21-5-4-6-22(26)31(21)30-23(19)17-8-10-18(25)11-9-17/h3-6,8-11,13,15-16H,1,7,12,14,26H2,2H3,(H,27,28,29). The van der Waals surface area contributed by atoms with Gasteiger partial charge in [0.05, 0.1) is 11.2 Å². The molecule has 0 radical (unpaired) electrons. The summed E-state index contributed by atoms with van der Waals surface area (Å²) in [6.45, 7) is 6.47. The van der Waals surface area contributed by atoms with Crippen molar-refractivity contribution >= 4 is 17.3 Å². The number of benzene rings is 1. The van der Waals surface area contributed by atoms with E-state index < -0.39 is 0 Å². The van der Waals surface area contributed by atoms with Gasteiger partial charge in [0.25, 0.3) is 0 Å². The number of rotatable bonds is 8. The van der Waals surface area contributed by atoms with Crippen LogP contribution in [0.25, 0.3) is 16.8 Å². The number of fused-ring (bicyclic) bond motifs is 1. The first kappa shape index (κ1) is 20.5. The molecule has 3 heterocycles. The lowest BCUT2D eigenvalue weighted by Gasteiger charge is -2.12. The Labute approximate surface area is 180 Å². The number of nitrogens with two attached hydrogens (primary N) is 1. The minimum absolute atomic E-state index is 0.212. The zero-order chi connectivity index (χ0) is 21.8. The molecule has 31 heavy (non-hydrogen) atoms. The lowest BCUT2D eigenvalue weighted by atomic mass is 9.95. The summed E-state index contributed by atoms with van der Waals surface area (Å²) in [6, 6.07) is 14.1. The molecule has 7 heteroatoms. The van der Waals surface area contributed by atoms with Crippen LogP contribution in [0.2, 0.25) is 0 Å². The van der Waals surface area contributed by atoms with Gasteiger partial charge >= 0.3 is 0 Å². The molecule has 0 aliphatic rings. The molecule has 3 aromatic heterocycles. The summed E-state index contributed by atoms with van der Waals surface area (Å²) in [5.74, 6) is 1.10. The molecule has 0 amide bonds. The largest absolute Gasteiger partial charge is 0.384 e. The molecule has 0 aliphatic carbocycles. The zero-order valence-corrected chi connectivity index (χ0v) is 17.4. The number of hydrogen-bond acceptors (Lipinski definition) is 5. The van der Waals surface area contributed by atoms with Crippen LogP contribution in [0.15, 0.2) is 67.4 Å². The third-order valence-corrected chi connectivity index (χ3v) is 5.32. The zero-order valence-electron chi connectivity index (χ0n) is 17.4. The van der Waals surface area contributed by atoms with E-state index in [0.29, 0.717) is 18.3 Å². The van der Waals surface area contributed by atoms with Crippen LogP contribution in [0.3, 0.4) is 0 Å². The molecule has 4 rings (SSSR count). The van der Waals surface area contributed by atoms with E-state index in [1.807, 2.05) is 24.3 Å². The summed E-state index contributed by atoms with van der Waals surface area (Å²) < 4.78 is 15.2. The number of hydrogen-bond donors (Lipinski definition) is 2. The number of nitrogen functional groups attached to an aromatic ring is 1. The maximum Gasteiger partial charge on any atom is 0.223 e. The van der Waals surface area contributed by atoms with Crippen molar-refractivity contribution < 1.29 is 4.39 Å². The smallest absolute Gasteiger partial charge is 0.223 e. The maximum atomic E-state index is 13.5. The fourth-order valence-corrected chi connectivity index (χ4v) is 3.63. The Kier molecular flexibility index (Phi) is 5.93. The Hall–Kier alpha value is -3.74. The van der Waals surface area contributed by atoms with Gasteiger partial charge in [-0.2, -0.15) is 5.10 Å². The van der Waals surface area contributed by atoms with Gasteiger partial charge in [-0.3, -0.25) is 0 Å². The fraction of sp³-hybridized carbons (Fsp3) is 0.208. The SMILES string of the molecule is C=CCNc1nccc(C(C)CCc2c(-c3ccc(F)cc3)nn3c(N)cccc23)n1. The number of aromatic nitrogens is 4. The molecular weight excluding hydrogens is 391 g/mol. The third kappa shape index (κ3) is 4.40. The molecule has 0 aliphatic heterocycles. The van der Waals surface area contributed by atoms with Gasteiger partial charge in [-0.25, -0.2) is 18.9 Å². The van der Waals surface area contributed by atoms with Crippen LogP contribution in [-0.2, 0) is 6.42 Å². The van der Waals surface area contributed by atoms with Crippen molar-refractivity contribution in [3.8, 4) is 11.3 Å². The summed E-state index contributed by atoms with van der Waals surface area (Å²) in [5, 5.41) is 7.86. The lowest BCUT2D eigenvalue weighted by molar-refractivity contribution is 0.628. The van der Waals surface area contributed by atoms with Crippen molar-refractivity contribution in [2.45, 2.75) is 25.7 Å². The monoisotopic (exact) mass is 416 g/mol. The van der Waals surface area contributed by atoms with Crippen molar-refractivity contribution in [2.75, 3.05) is 17.6 Å². The van der Waals surface area contributed by atoms with Gasteiger partial charge < -0.3 is 11.1 Å². The molecule has 1 aromatic carbocycles. The molecule has 0 spiro atoms. The Morgan fingerprint density at radius 3 is 2.77 bits per heavy atom. The van der Waals surface area contributed by atoms with Crippen molar-refractivity contribution in [3.05, 3.63) is 84.5 Å². The molecule has 4 aromatic rings. The minimum atomic E-state index is -0.271. The van der Waals surface area contributed by atoms with Gasteiger partial charge in [-0.05, 0) is 61.2 Å². The average Bonchev–Trinajstić information content (AvgIpc) is 3.16. The first-order valence-corrected chi connectivity index (χ1v) is 10.3. The summed E-state index contributed by atoms with van der Waals surface area (Å²) in [4.78, 5) is 8.88. The first-order chi connectivity index (χ1) is 15.1. The highest BCUT2D eigenvalue weighted by Crippen LogP contribution is 2.31. The number of pyridine rings is 1. The van der Waals surface area contributed by atoms with Gasteiger partial charge in [-0.1, -0.05) is 19.1 Å². The molecule has 0 bridgehead atoms. The maximum absolute atomic E-state index is 13.5. The van der Waals surface area contributed by atoms with Crippen LogP contribution >= 0.6 is 0 Å². The van der Waals surface area contributed by atoms with E-state index in [9.17, 15) is 4.39 Å². The van der Waals surface area contributed by atoms with Gasteiger partial charge in [-0.15, -0.1) is 6.58 Å². The molecule has 0 saturated carbocycles. The van der Waals surface area contributed by atoms with E-state index in [4.69, 9.17) is 10.8 Å². The van der Waals surface area contributed by atoms with E-state index in [2.05, 4.69) is 28.8 Å². The quantitative estimate of drug-likeness (QED) is 0.402. The van der Waals surface area contributed by atoms with Crippen LogP contribution in [0, 0.1) is 5.82 Å². The number of halogens is 1. The van der Waals surface area contributed by atoms with Crippen molar-refractivity contribution in [1.82, 2.24) is 19.6 Å². The van der Waals surface area contributed by atoms with Crippen molar-refractivity contribution in [1.29, 1.82) is 0 Å².